The summed E-state index contributed by atoms with van der Waals surface area (Å²) in [6, 6.07) is 14.4. The largest absolute Gasteiger partial charge is 0.417 e. The molecular weight excluding hydrogens is 738 g/mol. The Hall–Kier alpha value is -3.40. The number of hydrogen-bond acceptors (Lipinski definition) is 7. The molecule has 4 aliphatic heterocycles. The molecule has 54 heavy (non-hydrogen) atoms. The minimum absolute atomic E-state index is 0.0503. The van der Waals surface area contributed by atoms with E-state index in [-0.39, 0.29) is 29.0 Å². The Morgan fingerprint density at radius 1 is 0.926 bits per heavy atom. The van der Waals surface area contributed by atoms with Crippen molar-refractivity contribution in [2.45, 2.75) is 87.5 Å². The molecule has 0 N–H and O–H groups in total. The van der Waals surface area contributed by atoms with Crippen molar-refractivity contribution < 1.29 is 31.2 Å². The molecule has 5 heterocycles. The maximum atomic E-state index is 14.3. The van der Waals surface area contributed by atoms with E-state index >= 15 is 0 Å². The number of likely N-dealkylation sites (tertiary alicyclic amines) is 3. The van der Waals surface area contributed by atoms with Crippen molar-refractivity contribution in [2.75, 3.05) is 57.8 Å². The number of carbonyl (C=O) groups excluding carboxylic acids is 2. The zero-order valence-corrected chi connectivity index (χ0v) is 32.4. The van der Waals surface area contributed by atoms with Crippen LogP contribution < -0.4 is 0 Å². The van der Waals surface area contributed by atoms with Crippen molar-refractivity contribution in [1.82, 2.24) is 28.8 Å². The summed E-state index contributed by atoms with van der Waals surface area (Å²) in [4.78, 5) is 31.7. The number of halogens is 3. The molecule has 0 aliphatic carbocycles. The lowest BCUT2D eigenvalue weighted by molar-refractivity contribution is -0.139. The van der Waals surface area contributed by atoms with Gasteiger partial charge in [-0.15, -0.1) is 11.8 Å². The fourth-order valence-electron chi connectivity index (χ4n) is 8.56. The molecule has 10 nitrogen and oxygen atoms in total. The van der Waals surface area contributed by atoms with Gasteiger partial charge in [0.1, 0.15) is 0 Å². The van der Waals surface area contributed by atoms with Crippen molar-refractivity contribution in [2.24, 2.45) is 0 Å². The molecule has 7 rings (SSSR count). The van der Waals surface area contributed by atoms with Crippen LogP contribution in [0.5, 0.6) is 0 Å². The van der Waals surface area contributed by atoms with Gasteiger partial charge in [-0.3, -0.25) is 14.3 Å². The van der Waals surface area contributed by atoms with Crippen molar-refractivity contribution >= 4 is 33.6 Å². The second kappa shape index (κ2) is 16.4. The van der Waals surface area contributed by atoms with E-state index in [1.54, 1.807) is 4.90 Å². The molecule has 15 heteroatoms. The number of sulfonamides is 1. The summed E-state index contributed by atoms with van der Waals surface area (Å²) in [5, 5.41) is 4.93. The third-order valence-electron chi connectivity index (χ3n) is 11.6. The molecule has 3 saturated heterocycles. The van der Waals surface area contributed by atoms with Gasteiger partial charge in [0, 0.05) is 93.0 Å². The van der Waals surface area contributed by atoms with Crippen LogP contribution in [0.1, 0.15) is 73.2 Å². The Kier molecular flexibility index (Phi) is 11.8. The third-order valence-corrected chi connectivity index (χ3v) is 13.8. The van der Waals surface area contributed by atoms with Gasteiger partial charge in [0.05, 0.1) is 23.3 Å². The average molecular weight is 787 g/mol. The second-order valence-electron chi connectivity index (χ2n) is 15.0. The number of hydrogen-bond donors (Lipinski definition) is 0. The molecule has 1 aromatic heterocycles. The van der Waals surface area contributed by atoms with Gasteiger partial charge in [-0.05, 0) is 68.7 Å². The maximum Gasteiger partial charge on any atom is 0.417 e. The second-order valence-corrected chi connectivity index (χ2v) is 18.0. The van der Waals surface area contributed by atoms with E-state index in [1.807, 2.05) is 27.8 Å². The summed E-state index contributed by atoms with van der Waals surface area (Å²) < 4.78 is 71.5. The lowest BCUT2D eigenvalue weighted by atomic mass is 9.89. The first-order valence-electron chi connectivity index (χ1n) is 19.1. The average Bonchev–Trinajstić information content (AvgIpc) is 3.76. The molecule has 2 amide bonds. The summed E-state index contributed by atoms with van der Waals surface area (Å²) in [5.74, 6) is 0.308. The van der Waals surface area contributed by atoms with E-state index in [0.29, 0.717) is 67.8 Å². The Balaban J connectivity index is 1.05. The fraction of sp³-hybridized carbons (Fsp3) is 0.564. The van der Waals surface area contributed by atoms with Crippen LogP contribution in [-0.2, 0) is 45.3 Å². The van der Waals surface area contributed by atoms with E-state index in [9.17, 15) is 31.2 Å². The highest BCUT2D eigenvalue weighted by Crippen LogP contribution is 2.41. The van der Waals surface area contributed by atoms with E-state index in [4.69, 9.17) is 5.10 Å². The molecule has 2 aromatic carbocycles. The SMILES string of the molecule is CS(=O)(=O)N1CCc2c(c(-c3ccc(C(F)(F)F)c(SCC(=O)N4CCC(c5ccccc5)CC4)c3)nn2CCCN2CCC(N3CCCC3=O)CC2)C1. The lowest BCUT2D eigenvalue weighted by Crippen LogP contribution is -2.45. The number of nitrogens with zero attached hydrogens (tertiary/aromatic N) is 6. The van der Waals surface area contributed by atoms with Crippen molar-refractivity contribution in [1.29, 1.82) is 0 Å². The Morgan fingerprint density at radius 2 is 1.67 bits per heavy atom. The minimum Gasteiger partial charge on any atom is -0.342 e. The summed E-state index contributed by atoms with van der Waals surface area (Å²) in [5.41, 5.74) is 2.97. The number of alkyl halides is 3. The van der Waals surface area contributed by atoms with Crippen molar-refractivity contribution in [3.05, 3.63) is 70.9 Å². The molecule has 0 saturated carbocycles. The Bertz CT molecular complexity index is 1920. The van der Waals surface area contributed by atoms with E-state index in [0.717, 1.165) is 88.2 Å². The molecule has 0 spiro atoms. The van der Waals surface area contributed by atoms with Crippen LogP contribution in [-0.4, -0.2) is 113 Å². The van der Waals surface area contributed by atoms with Gasteiger partial charge in [-0.25, -0.2) is 8.42 Å². The molecule has 0 unspecified atom stereocenters. The smallest absolute Gasteiger partial charge is 0.342 e. The Morgan fingerprint density at radius 3 is 2.33 bits per heavy atom. The van der Waals surface area contributed by atoms with Gasteiger partial charge in [0.15, 0.2) is 0 Å². The minimum atomic E-state index is -4.62. The number of rotatable bonds is 11. The molecule has 292 valence electrons. The zero-order valence-electron chi connectivity index (χ0n) is 30.8. The summed E-state index contributed by atoms with van der Waals surface area (Å²) in [6.45, 7) is 5.64. The molecule has 3 aromatic rings. The van der Waals surface area contributed by atoms with E-state index in [2.05, 4.69) is 17.0 Å². The van der Waals surface area contributed by atoms with Crippen LogP contribution in [0.2, 0.25) is 0 Å². The predicted molar refractivity (Wildman–Crippen MR) is 202 cm³/mol. The van der Waals surface area contributed by atoms with Gasteiger partial charge in [0.25, 0.3) is 0 Å². The number of thioether (sulfide) groups is 1. The van der Waals surface area contributed by atoms with Crippen LogP contribution in [0.3, 0.4) is 0 Å². The first-order chi connectivity index (χ1) is 25.8. The maximum absolute atomic E-state index is 14.3. The van der Waals surface area contributed by atoms with Crippen molar-refractivity contribution in [3.8, 4) is 11.3 Å². The summed E-state index contributed by atoms with van der Waals surface area (Å²) >= 11 is 0.889. The standard InChI is InChI=1S/C39H49F3N6O4S2/c1-54(51,52)46-24-16-34-32(26-46)38(43-48(34)19-6-17-44-20-14-31(15-21-44)47-18-5-9-36(47)49)30-10-11-33(39(40,41)42)35(25-30)53-27-37(50)45-22-12-29(13-23-45)28-7-3-2-4-8-28/h2-4,7-8,10-11,25,29,31H,5-6,9,12-24,26-27H2,1H3. The number of aromatic nitrogens is 2. The molecule has 0 radical (unpaired) electrons. The van der Waals surface area contributed by atoms with Crippen LogP contribution >= 0.6 is 11.8 Å². The number of amides is 2. The first-order valence-corrected chi connectivity index (χ1v) is 21.9. The zero-order chi connectivity index (χ0) is 38.0. The number of aryl methyl sites for hydroxylation is 1. The highest BCUT2D eigenvalue weighted by atomic mass is 32.2. The quantitative estimate of drug-likeness (QED) is 0.225. The summed E-state index contributed by atoms with van der Waals surface area (Å²) in [7, 11) is -3.52. The van der Waals surface area contributed by atoms with Gasteiger partial charge in [-0.1, -0.05) is 36.4 Å². The molecule has 0 atom stereocenters. The van der Waals surface area contributed by atoms with Crippen LogP contribution in [0, 0.1) is 0 Å². The van der Waals surface area contributed by atoms with Crippen molar-refractivity contribution in [3.63, 3.8) is 0 Å². The first kappa shape index (κ1) is 38.9. The fourth-order valence-corrected chi connectivity index (χ4v) is 10.4. The summed E-state index contributed by atoms with van der Waals surface area (Å²) in [6.07, 6.45) is 2.92. The van der Waals surface area contributed by atoms with Crippen LogP contribution in [0.25, 0.3) is 11.3 Å². The van der Waals surface area contributed by atoms with E-state index < -0.39 is 21.8 Å². The molecular formula is C39H49F3N6O4S2. The van der Waals surface area contributed by atoms with Crippen LogP contribution in [0.15, 0.2) is 53.4 Å². The normalized spacial score (nSPS) is 19.8. The predicted octanol–water partition coefficient (Wildman–Crippen LogP) is 5.86. The Labute approximate surface area is 320 Å². The monoisotopic (exact) mass is 786 g/mol. The lowest BCUT2D eigenvalue weighted by Gasteiger charge is -2.36. The number of benzene rings is 2. The highest BCUT2D eigenvalue weighted by molar-refractivity contribution is 8.00. The number of carbonyl (C=O) groups is 2. The molecule has 0 bridgehead atoms. The highest BCUT2D eigenvalue weighted by Gasteiger charge is 2.36. The van der Waals surface area contributed by atoms with E-state index in [1.165, 1.54) is 28.3 Å². The van der Waals surface area contributed by atoms with Gasteiger partial charge < -0.3 is 14.7 Å². The topological polar surface area (TPSA) is 99.1 Å². The molecule has 3 fully saturated rings. The van der Waals surface area contributed by atoms with Crippen LogP contribution in [0.4, 0.5) is 13.2 Å². The third kappa shape index (κ3) is 8.84. The van der Waals surface area contributed by atoms with Gasteiger partial charge in [-0.2, -0.15) is 22.6 Å². The van der Waals surface area contributed by atoms with Gasteiger partial charge >= 0.3 is 6.18 Å². The molecule has 4 aliphatic rings. The van der Waals surface area contributed by atoms with Gasteiger partial charge in [0.2, 0.25) is 21.8 Å². The number of piperidine rings is 2. The number of fused-ring (bicyclic) bond motifs is 1.